The number of nitrogens with zero attached hydrogens (tertiary/aromatic N) is 4. The van der Waals surface area contributed by atoms with E-state index >= 15 is 0 Å². The molecule has 0 spiro atoms. The predicted octanol–water partition coefficient (Wildman–Crippen LogP) is 5.40. The van der Waals surface area contributed by atoms with Gasteiger partial charge in [-0.05, 0) is 58.0 Å². The first-order valence-corrected chi connectivity index (χ1v) is 11.6. The van der Waals surface area contributed by atoms with Gasteiger partial charge in [-0.3, -0.25) is 19.6 Å². The molecule has 0 saturated carbocycles. The van der Waals surface area contributed by atoms with E-state index in [0.29, 0.717) is 38.5 Å². The number of hydrogen-bond donors (Lipinski definition) is 1. The van der Waals surface area contributed by atoms with Gasteiger partial charge in [0.2, 0.25) is 0 Å². The second-order valence-electron chi connectivity index (χ2n) is 7.96. The number of aryl methyl sites for hydroxylation is 1. The molecule has 1 heterocycles. The third kappa shape index (κ3) is 5.95. The van der Waals surface area contributed by atoms with Gasteiger partial charge in [0.1, 0.15) is 24.0 Å². The summed E-state index contributed by atoms with van der Waals surface area (Å²) in [4.78, 5) is 23.4. The molecule has 0 saturated heterocycles. The van der Waals surface area contributed by atoms with Crippen LogP contribution in [0.2, 0.25) is 10.0 Å². The van der Waals surface area contributed by atoms with Gasteiger partial charge < -0.3 is 9.47 Å². The number of nitrogens with one attached hydrogen (secondary N) is 1. The van der Waals surface area contributed by atoms with Crippen molar-refractivity contribution in [3.8, 4) is 11.5 Å². The minimum absolute atomic E-state index is 0.109. The predicted molar refractivity (Wildman–Crippen MR) is 137 cm³/mol. The van der Waals surface area contributed by atoms with Crippen molar-refractivity contribution in [2.45, 2.75) is 40.3 Å². The zero-order chi connectivity index (χ0) is 26.6. The van der Waals surface area contributed by atoms with Gasteiger partial charge in [0.15, 0.2) is 11.5 Å². The Balaban J connectivity index is 1.71. The zero-order valence-electron chi connectivity index (χ0n) is 20.3. The summed E-state index contributed by atoms with van der Waals surface area (Å²) >= 11 is 12.1. The van der Waals surface area contributed by atoms with Crippen molar-refractivity contribution in [2.24, 2.45) is 5.10 Å². The molecular formula is C24H25Cl2N5O5. The van der Waals surface area contributed by atoms with Crippen LogP contribution in [0.25, 0.3) is 0 Å². The number of hydrogen-bond acceptors (Lipinski definition) is 7. The number of carbonyl (C=O) groups excluding carboxylic acids is 1. The zero-order valence-corrected chi connectivity index (χ0v) is 21.8. The van der Waals surface area contributed by atoms with Crippen LogP contribution in [0.3, 0.4) is 0 Å². The molecule has 10 nitrogen and oxygen atoms in total. The van der Waals surface area contributed by atoms with E-state index in [-0.39, 0.29) is 18.0 Å². The van der Waals surface area contributed by atoms with Gasteiger partial charge in [0.25, 0.3) is 5.91 Å². The minimum Gasteiger partial charge on any atom is -0.493 e. The molecule has 0 aliphatic heterocycles. The van der Waals surface area contributed by atoms with Crippen molar-refractivity contribution in [3.63, 3.8) is 0 Å². The fourth-order valence-corrected chi connectivity index (χ4v) is 3.97. The third-order valence-electron chi connectivity index (χ3n) is 5.53. The van der Waals surface area contributed by atoms with E-state index < -0.39 is 16.9 Å². The molecule has 190 valence electrons. The maximum absolute atomic E-state index is 12.7. The SMILES string of the molecule is COc1cc(/C(C)=N/NC(=O)C(C)n2nc(C)c([N+](=O)[O-])c2C)ccc1OCc1ccc(Cl)cc1Cl. The van der Waals surface area contributed by atoms with Crippen molar-refractivity contribution < 1.29 is 19.2 Å². The van der Waals surface area contributed by atoms with E-state index in [1.807, 2.05) is 0 Å². The number of amides is 1. The summed E-state index contributed by atoms with van der Waals surface area (Å²) in [5.41, 5.74) is 4.90. The van der Waals surface area contributed by atoms with Crippen LogP contribution < -0.4 is 14.9 Å². The molecule has 3 rings (SSSR count). The summed E-state index contributed by atoms with van der Waals surface area (Å²) in [5.74, 6) is 0.507. The van der Waals surface area contributed by atoms with Crippen LogP contribution in [-0.2, 0) is 11.4 Å². The standard InChI is InChI=1S/C24H25Cl2N5O5/c1-13(27-28-24(32)16(4)30-15(3)23(31(33)34)14(2)29-30)17-7-9-21(22(10-17)35-5)36-12-18-6-8-19(25)11-20(18)26/h6-11,16H,12H2,1-5H3,(H,28,32)/b27-13+. The fourth-order valence-electron chi connectivity index (χ4n) is 3.51. The number of hydrazone groups is 1. The van der Waals surface area contributed by atoms with Crippen LogP contribution in [0.1, 0.15) is 42.4 Å². The lowest BCUT2D eigenvalue weighted by atomic mass is 10.1. The van der Waals surface area contributed by atoms with Crippen LogP contribution in [0.5, 0.6) is 11.5 Å². The fraction of sp³-hybridized carbons (Fsp3) is 0.292. The van der Waals surface area contributed by atoms with Gasteiger partial charge in [0, 0.05) is 21.2 Å². The molecule has 12 heteroatoms. The van der Waals surface area contributed by atoms with E-state index in [2.05, 4.69) is 15.6 Å². The van der Waals surface area contributed by atoms with Gasteiger partial charge in [-0.25, -0.2) is 5.43 Å². The van der Waals surface area contributed by atoms with Gasteiger partial charge >= 0.3 is 5.69 Å². The second kappa shape index (κ2) is 11.4. The number of ether oxygens (including phenoxy) is 2. The second-order valence-corrected chi connectivity index (χ2v) is 8.80. The Morgan fingerprint density at radius 2 is 1.94 bits per heavy atom. The lowest BCUT2D eigenvalue weighted by Crippen LogP contribution is -2.29. The van der Waals surface area contributed by atoms with Gasteiger partial charge in [0.05, 0.1) is 17.7 Å². The monoisotopic (exact) mass is 533 g/mol. The maximum Gasteiger partial charge on any atom is 0.312 e. The summed E-state index contributed by atoms with van der Waals surface area (Å²) < 4.78 is 12.6. The smallest absolute Gasteiger partial charge is 0.312 e. The quantitative estimate of drug-likeness (QED) is 0.223. The van der Waals surface area contributed by atoms with Crippen LogP contribution >= 0.6 is 23.2 Å². The summed E-state index contributed by atoms with van der Waals surface area (Å²) in [6, 6.07) is 9.61. The Bertz CT molecular complexity index is 1340. The summed E-state index contributed by atoms with van der Waals surface area (Å²) in [5, 5.41) is 20.6. The molecule has 0 radical (unpaired) electrons. The van der Waals surface area contributed by atoms with E-state index in [0.717, 1.165) is 5.56 Å². The van der Waals surface area contributed by atoms with Crippen LogP contribution in [-0.4, -0.2) is 33.4 Å². The number of benzene rings is 2. The number of methoxy groups -OCH3 is 1. The van der Waals surface area contributed by atoms with Crippen LogP contribution in [0.15, 0.2) is 41.5 Å². The first kappa shape index (κ1) is 27.0. The lowest BCUT2D eigenvalue weighted by molar-refractivity contribution is -0.386. The van der Waals surface area contributed by atoms with E-state index in [1.165, 1.54) is 18.7 Å². The molecule has 0 aliphatic carbocycles. The molecule has 1 N–H and O–H groups in total. The molecule has 3 aromatic rings. The van der Waals surface area contributed by atoms with E-state index in [9.17, 15) is 14.9 Å². The van der Waals surface area contributed by atoms with E-state index in [1.54, 1.807) is 57.2 Å². The largest absolute Gasteiger partial charge is 0.493 e. The van der Waals surface area contributed by atoms with Crippen LogP contribution in [0.4, 0.5) is 5.69 Å². The first-order chi connectivity index (χ1) is 17.0. The molecule has 1 aromatic heterocycles. The van der Waals surface area contributed by atoms with Gasteiger partial charge in [-0.1, -0.05) is 29.3 Å². The Kier molecular flexibility index (Phi) is 8.54. The molecule has 0 aliphatic rings. The Morgan fingerprint density at radius 3 is 2.56 bits per heavy atom. The summed E-state index contributed by atoms with van der Waals surface area (Å²) in [7, 11) is 1.52. The first-order valence-electron chi connectivity index (χ1n) is 10.8. The topological polar surface area (TPSA) is 121 Å². The summed E-state index contributed by atoms with van der Waals surface area (Å²) in [6.07, 6.45) is 0. The van der Waals surface area contributed by atoms with Gasteiger partial charge in [-0.15, -0.1) is 0 Å². The highest BCUT2D eigenvalue weighted by atomic mass is 35.5. The number of nitro groups is 1. The Morgan fingerprint density at radius 1 is 1.22 bits per heavy atom. The van der Waals surface area contributed by atoms with Crippen molar-refractivity contribution in [1.82, 2.24) is 15.2 Å². The normalized spacial score (nSPS) is 12.2. The highest BCUT2D eigenvalue weighted by Gasteiger charge is 2.27. The van der Waals surface area contributed by atoms with Gasteiger partial charge in [-0.2, -0.15) is 10.2 Å². The Labute approximate surface area is 218 Å². The highest BCUT2D eigenvalue weighted by Crippen LogP contribution is 2.30. The Hall–Kier alpha value is -3.63. The molecule has 36 heavy (non-hydrogen) atoms. The highest BCUT2D eigenvalue weighted by molar-refractivity contribution is 6.35. The molecular weight excluding hydrogens is 509 g/mol. The average molecular weight is 534 g/mol. The average Bonchev–Trinajstić information content (AvgIpc) is 3.14. The van der Waals surface area contributed by atoms with Crippen LogP contribution in [0, 0.1) is 24.0 Å². The van der Waals surface area contributed by atoms with Crippen molar-refractivity contribution in [3.05, 3.63) is 79.1 Å². The number of carbonyl (C=O) groups is 1. The number of halogens is 2. The molecule has 1 unspecified atom stereocenters. The van der Waals surface area contributed by atoms with E-state index in [4.69, 9.17) is 32.7 Å². The molecule has 0 fully saturated rings. The number of aromatic nitrogens is 2. The molecule has 0 bridgehead atoms. The third-order valence-corrected chi connectivity index (χ3v) is 6.12. The lowest BCUT2D eigenvalue weighted by Gasteiger charge is -2.14. The number of rotatable bonds is 9. The van der Waals surface area contributed by atoms with Crippen molar-refractivity contribution >= 4 is 40.5 Å². The maximum atomic E-state index is 12.7. The molecule has 1 amide bonds. The summed E-state index contributed by atoms with van der Waals surface area (Å²) in [6.45, 7) is 6.61. The molecule has 1 atom stereocenters. The van der Waals surface area contributed by atoms with Crippen molar-refractivity contribution in [2.75, 3.05) is 7.11 Å². The minimum atomic E-state index is -0.807. The molecule has 2 aromatic carbocycles. The van der Waals surface area contributed by atoms with Crippen molar-refractivity contribution in [1.29, 1.82) is 0 Å².